The molecule has 0 saturated heterocycles. The summed E-state index contributed by atoms with van der Waals surface area (Å²) in [5.41, 5.74) is 2.59. The number of anilines is 1. The SMILES string of the molecule is O=C(NCCc1ccc(OCc2ccccc2)cc1)C(c1ccoc1)N(C(=O)CO)c1ccccc1O. The summed E-state index contributed by atoms with van der Waals surface area (Å²) in [4.78, 5) is 27.1. The third kappa shape index (κ3) is 6.56. The normalized spacial score (nSPS) is 11.5. The smallest absolute Gasteiger partial charge is 0.253 e. The Morgan fingerprint density at radius 3 is 2.32 bits per heavy atom. The van der Waals surface area contributed by atoms with Crippen molar-refractivity contribution in [3.63, 3.8) is 0 Å². The minimum atomic E-state index is -1.15. The van der Waals surface area contributed by atoms with Gasteiger partial charge in [-0.15, -0.1) is 0 Å². The molecule has 1 atom stereocenters. The number of aromatic hydroxyl groups is 1. The van der Waals surface area contributed by atoms with Crippen molar-refractivity contribution in [2.24, 2.45) is 0 Å². The van der Waals surface area contributed by atoms with Gasteiger partial charge < -0.3 is 24.7 Å². The van der Waals surface area contributed by atoms with E-state index in [0.29, 0.717) is 25.1 Å². The molecule has 37 heavy (non-hydrogen) atoms. The number of hydrogen-bond donors (Lipinski definition) is 3. The monoisotopic (exact) mass is 500 g/mol. The van der Waals surface area contributed by atoms with E-state index >= 15 is 0 Å². The summed E-state index contributed by atoms with van der Waals surface area (Å²) in [5, 5.41) is 22.8. The molecule has 0 saturated carbocycles. The summed E-state index contributed by atoms with van der Waals surface area (Å²) >= 11 is 0. The lowest BCUT2D eigenvalue weighted by atomic mass is 10.1. The fraction of sp³-hybridized carbons (Fsp3) is 0.172. The average molecular weight is 501 g/mol. The number of ether oxygens (including phenoxy) is 1. The molecule has 3 N–H and O–H groups in total. The van der Waals surface area contributed by atoms with E-state index in [9.17, 15) is 19.8 Å². The highest BCUT2D eigenvalue weighted by Crippen LogP contribution is 2.34. The van der Waals surface area contributed by atoms with Gasteiger partial charge in [0.05, 0.1) is 18.2 Å². The van der Waals surface area contributed by atoms with Crippen LogP contribution in [0.15, 0.2) is 102 Å². The molecule has 8 heteroatoms. The number of hydrogen-bond acceptors (Lipinski definition) is 6. The van der Waals surface area contributed by atoms with Crippen LogP contribution in [0.25, 0.3) is 0 Å². The van der Waals surface area contributed by atoms with Gasteiger partial charge in [0, 0.05) is 12.1 Å². The van der Waals surface area contributed by atoms with Crippen molar-refractivity contribution < 1.29 is 29.0 Å². The summed E-state index contributed by atoms with van der Waals surface area (Å²) in [6.07, 6.45) is 3.30. The predicted molar refractivity (Wildman–Crippen MR) is 138 cm³/mol. The van der Waals surface area contributed by atoms with Crippen LogP contribution in [0.4, 0.5) is 5.69 Å². The van der Waals surface area contributed by atoms with Crippen LogP contribution in [0, 0.1) is 0 Å². The number of carbonyl (C=O) groups is 2. The Labute approximate surface area is 214 Å². The number of nitrogens with zero attached hydrogens (tertiary/aromatic N) is 1. The lowest BCUT2D eigenvalue weighted by Gasteiger charge is -2.30. The first-order valence-electron chi connectivity index (χ1n) is 11.8. The lowest BCUT2D eigenvalue weighted by Crippen LogP contribution is -2.45. The Morgan fingerprint density at radius 2 is 1.65 bits per heavy atom. The topological polar surface area (TPSA) is 112 Å². The maximum absolute atomic E-state index is 13.3. The second-order valence-corrected chi connectivity index (χ2v) is 8.33. The second-order valence-electron chi connectivity index (χ2n) is 8.33. The first kappa shape index (κ1) is 25.5. The molecule has 8 nitrogen and oxygen atoms in total. The Morgan fingerprint density at radius 1 is 0.919 bits per heavy atom. The molecule has 4 aromatic rings. The number of phenols is 1. The Hall–Kier alpha value is -4.56. The molecule has 1 heterocycles. The third-order valence-corrected chi connectivity index (χ3v) is 5.80. The van der Waals surface area contributed by atoms with Crippen LogP contribution < -0.4 is 15.0 Å². The van der Waals surface area contributed by atoms with Crippen LogP contribution >= 0.6 is 0 Å². The van der Waals surface area contributed by atoms with Crippen molar-refractivity contribution in [1.29, 1.82) is 0 Å². The zero-order valence-electron chi connectivity index (χ0n) is 20.1. The summed E-state index contributed by atoms with van der Waals surface area (Å²) in [6.45, 7) is -0.0559. The summed E-state index contributed by atoms with van der Waals surface area (Å²) in [7, 11) is 0. The molecular weight excluding hydrogens is 472 g/mol. The average Bonchev–Trinajstić information content (AvgIpc) is 3.46. The molecule has 190 valence electrons. The first-order chi connectivity index (χ1) is 18.1. The lowest BCUT2D eigenvalue weighted by molar-refractivity contribution is -0.127. The van der Waals surface area contributed by atoms with Gasteiger partial charge in [-0.2, -0.15) is 0 Å². The zero-order valence-corrected chi connectivity index (χ0v) is 20.1. The quantitative estimate of drug-likeness (QED) is 0.287. The standard InChI is InChI=1S/C29H28N2O6/c32-18-27(34)31(25-8-4-5-9-26(25)33)28(23-15-17-36-20-23)29(35)30-16-14-21-10-12-24(13-11-21)37-19-22-6-2-1-3-7-22/h1-13,15,17,20,28,32-33H,14,16,18-19H2,(H,30,35). The fourth-order valence-corrected chi connectivity index (χ4v) is 3.93. The van der Waals surface area contributed by atoms with Gasteiger partial charge in [-0.1, -0.05) is 54.6 Å². The van der Waals surface area contributed by atoms with Crippen LogP contribution in [0.5, 0.6) is 11.5 Å². The van der Waals surface area contributed by atoms with Crippen molar-refractivity contribution in [3.8, 4) is 11.5 Å². The van der Waals surface area contributed by atoms with Gasteiger partial charge in [-0.3, -0.25) is 14.5 Å². The van der Waals surface area contributed by atoms with Crippen molar-refractivity contribution in [2.45, 2.75) is 19.1 Å². The molecule has 0 radical (unpaired) electrons. The molecule has 4 rings (SSSR count). The molecule has 3 aromatic carbocycles. The maximum Gasteiger partial charge on any atom is 0.253 e. The van der Waals surface area contributed by atoms with E-state index in [4.69, 9.17) is 9.15 Å². The van der Waals surface area contributed by atoms with Crippen LogP contribution in [0.2, 0.25) is 0 Å². The van der Waals surface area contributed by atoms with Crippen LogP contribution in [-0.2, 0) is 22.6 Å². The van der Waals surface area contributed by atoms with Crippen LogP contribution in [0.3, 0.4) is 0 Å². The molecule has 1 aromatic heterocycles. The van der Waals surface area contributed by atoms with E-state index < -0.39 is 24.5 Å². The van der Waals surface area contributed by atoms with E-state index in [0.717, 1.165) is 21.8 Å². The highest BCUT2D eigenvalue weighted by molar-refractivity contribution is 6.02. The van der Waals surface area contributed by atoms with Crippen molar-refractivity contribution >= 4 is 17.5 Å². The van der Waals surface area contributed by atoms with Crippen molar-refractivity contribution in [3.05, 3.63) is 114 Å². The zero-order chi connectivity index (χ0) is 26.0. The largest absolute Gasteiger partial charge is 0.506 e. The molecule has 0 aliphatic carbocycles. The number of furan rings is 1. The number of aliphatic hydroxyl groups is 1. The van der Waals surface area contributed by atoms with Crippen LogP contribution in [0.1, 0.15) is 22.7 Å². The van der Waals surface area contributed by atoms with Gasteiger partial charge in [0.1, 0.15) is 30.8 Å². The van der Waals surface area contributed by atoms with E-state index in [-0.39, 0.29) is 11.4 Å². The van der Waals surface area contributed by atoms with Crippen molar-refractivity contribution in [1.82, 2.24) is 5.32 Å². The Kier molecular flexibility index (Phi) is 8.57. The highest BCUT2D eigenvalue weighted by Gasteiger charge is 2.34. The number of phenolic OH excluding ortho intramolecular Hbond substituents is 1. The molecule has 0 aliphatic heterocycles. The maximum atomic E-state index is 13.3. The van der Waals surface area contributed by atoms with Gasteiger partial charge in [0.25, 0.3) is 5.91 Å². The summed E-state index contributed by atoms with van der Waals surface area (Å²) in [5.74, 6) is -0.666. The van der Waals surface area contributed by atoms with Gasteiger partial charge in [-0.05, 0) is 47.9 Å². The van der Waals surface area contributed by atoms with Crippen LogP contribution in [-0.4, -0.2) is 35.2 Å². The Balaban J connectivity index is 1.41. The first-order valence-corrected chi connectivity index (χ1v) is 11.8. The fourth-order valence-electron chi connectivity index (χ4n) is 3.93. The van der Waals surface area contributed by atoms with Gasteiger partial charge in [-0.25, -0.2) is 0 Å². The van der Waals surface area contributed by atoms with E-state index in [2.05, 4.69) is 5.32 Å². The van der Waals surface area contributed by atoms with E-state index in [1.54, 1.807) is 18.2 Å². The number of carbonyl (C=O) groups excluding carboxylic acids is 2. The highest BCUT2D eigenvalue weighted by atomic mass is 16.5. The molecule has 0 aliphatic rings. The minimum absolute atomic E-state index is 0.106. The molecule has 2 amide bonds. The molecule has 0 fully saturated rings. The van der Waals surface area contributed by atoms with Crippen molar-refractivity contribution in [2.75, 3.05) is 18.1 Å². The number of amides is 2. The molecular formula is C29H28N2O6. The predicted octanol–water partition coefficient (Wildman–Crippen LogP) is 3.99. The number of rotatable bonds is 11. The van der Waals surface area contributed by atoms with E-state index in [1.165, 1.54) is 24.7 Å². The van der Waals surface area contributed by atoms with E-state index in [1.807, 2.05) is 54.6 Å². The third-order valence-electron chi connectivity index (χ3n) is 5.80. The minimum Gasteiger partial charge on any atom is -0.506 e. The molecule has 0 bridgehead atoms. The number of aliphatic hydroxyl groups excluding tert-OH is 1. The van der Waals surface area contributed by atoms with Gasteiger partial charge in [0.2, 0.25) is 5.91 Å². The van der Waals surface area contributed by atoms with Gasteiger partial charge in [0.15, 0.2) is 0 Å². The Bertz CT molecular complexity index is 1290. The number of nitrogens with one attached hydrogen (secondary N) is 1. The summed E-state index contributed by atoms with van der Waals surface area (Å²) in [6, 6.07) is 24.1. The second kappa shape index (κ2) is 12.4. The summed E-state index contributed by atoms with van der Waals surface area (Å²) < 4.78 is 11.0. The number of para-hydroxylation sites is 2. The molecule has 1 unspecified atom stereocenters. The number of benzene rings is 3. The molecule has 0 spiro atoms. The van der Waals surface area contributed by atoms with Gasteiger partial charge >= 0.3 is 0 Å².